The lowest BCUT2D eigenvalue weighted by molar-refractivity contribution is 0.207. The maximum Gasteiger partial charge on any atom is 0.00388 e. The molecule has 0 bridgehead atoms. The molecule has 1 saturated heterocycles. The quantitative estimate of drug-likeness (QED) is 0.523. The van der Waals surface area contributed by atoms with Crippen molar-refractivity contribution in [2.45, 2.75) is 39.7 Å². The van der Waals surface area contributed by atoms with E-state index in [2.05, 4.69) is 31.7 Å². The molecule has 0 spiro atoms. The number of hydrogen-bond donors (Lipinski definition) is 0. The molecule has 0 aromatic heterocycles. The van der Waals surface area contributed by atoms with Gasteiger partial charge < -0.3 is 4.90 Å². The topological polar surface area (TPSA) is 3.24 Å². The first kappa shape index (κ1) is 8.79. The molecular formula is C10H19N. The smallest absolute Gasteiger partial charge is 0.00388 e. The van der Waals surface area contributed by atoms with E-state index in [1.54, 1.807) is 5.57 Å². The number of nitrogens with zero attached hydrogens (tertiary/aromatic N) is 1. The lowest BCUT2D eigenvalue weighted by Gasteiger charge is -2.31. The third-order valence-corrected chi connectivity index (χ3v) is 2.58. The minimum Gasteiger partial charge on any atom is -0.300 e. The molecule has 0 aromatic carbocycles. The highest BCUT2D eigenvalue weighted by Crippen LogP contribution is 2.17. The van der Waals surface area contributed by atoms with Crippen LogP contribution in [0.5, 0.6) is 0 Å². The molecule has 1 rings (SSSR count). The Labute approximate surface area is 70.1 Å². The monoisotopic (exact) mass is 153 g/mol. The maximum absolute atomic E-state index is 2.55. The summed E-state index contributed by atoms with van der Waals surface area (Å²) in [7, 11) is 0. The van der Waals surface area contributed by atoms with Crippen LogP contribution in [0.15, 0.2) is 11.6 Å². The molecule has 1 fully saturated rings. The summed E-state index contributed by atoms with van der Waals surface area (Å²) in [6, 6.07) is 0.730. The van der Waals surface area contributed by atoms with Gasteiger partial charge in [0.1, 0.15) is 0 Å². The largest absolute Gasteiger partial charge is 0.300 e. The molecule has 0 aromatic rings. The van der Waals surface area contributed by atoms with E-state index in [0.29, 0.717) is 0 Å². The van der Waals surface area contributed by atoms with E-state index in [1.165, 1.54) is 25.9 Å². The van der Waals surface area contributed by atoms with E-state index in [1.807, 2.05) is 0 Å². The molecule has 1 nitrogen and oxygen atoms in total. The van der Waals surface area contributed by atoms with Crippen LogP contribution in [0.1, 0.15) is 33.6 Å². The van der Waals surface area contributed by atoms with Gasteiger partial charge >= 0.3 is 0 Å². The van der Waals surface area contributed by atoms with Crippen LogP contribution in [0, 0.1) is 0 Å². The lowest BCUT2D eigenvalue weighted by atomic mass is 10.0. The van der Waals surface area contributed by atoms with E-state index >= 15 is 0 Å². The second-order valence-electron chi connectivity index (χ2n) is 3.58. The molecule has 0 amide bonds. The highest BCUT2D eigenvalue weighted by atomic mass is 15.1. The fourth-order valence-electron chi connectivity index (χ4n) is 1.62. The summed E-state index contributed by atoms with van der Waals surface area (Å²) in [6.07, 6.45) is 4.85. The van der Waals surface area contributed by atoms with Gasteiger partial charge in [0.05, 0.1) is 0 Å². The van der Waals surface area contributed by atoms with Crippen molar-refractivity contribution in [3.05, 3.63) is 11.6 Å². The normalized spacial score (nSPS) is 20.9. The minimum absolute atomic E-state index is 0.730. The van der Waals surface area contributed by atoms with E-state index in [0.717, 1.165) is 6.04 Å². The van der Waals surface area contributed by atoms with Gasteiger partial charge in [-0.25, -0.2) is 0 Å². The van der Waals surface area contributed by atoms with Crippen molar-refractivity contribution < 1.29 is 0 Å². The summed E-state index contributed by atoms with van der Waals surface area (Å²) in [4.78, 5) is 2.55. The molecule has 0 radical (unpaired) electrons. The summed E-state index contributed by atoms with van der Waals surface area (Å²) in [5.74, 6) is 0. The Kier molecular flexibility index (Phi) is 3.13. The first-order chi connectivity index (χ1) is 5.24. The average Bonchev–Trinajstić information content (AvgIpc) is 2.05. The van der Waals surface area contributed by atoms with Crippen LogP contribution in [0.2, 0.25) is 0 Å². The third-order valence-electron chi connectivity index (χ3n) is 2.58. The fourth-order valence-corrected chi connectivity index (χ4v) is 1.62. The summed E-state index contributed by atoms with van der Waals surface area (Å²) < 4.78 is 0. The van der Waals surface area contributed by atoms with E-state index in [4.69, 9.17) is 0 Å². The molecule has 0 unspecified atom stereocenters. The molecule has 1 aliphatic heterocycles. The van der Waals surface area contributed by atoms with Gasteiger partial charge in [-0.15, -0.1) is 0 Å². The van der Waals surface area contributed by atoms with Gasteiger partial charge in [0, 0.05) is 19.1 Å². The predicted octanol–water partition coefficient (Wildman–Crippen LogP) is 2.44. The summed E-state index contributed by atoms with van der Waals surface area (Å²) in [5, 5.41) is 0. The van der Waals surface area contributed by atoms with Crippen molar-refractivity contribution in [3.8, 4) is 0 Å². The highest BCUT2D eigenvalue weighted by molar-refractivity contribution is 5.04. The van der Waals surface area contributed by atoms with Crippen LogP contribution in [0.25, 0.3) is 0 Å². The predicted molar refractivity (Wildman–Crippen MR) is 49.7 cm³/mol. The average molecular weight is 153 g/mol. The second-order valence-corrected chi connectivity index (χ2v) is 3.58. The zero-order chi connectivity index (χ0) is 8.27. The fraction of sp³-hybridized carbons (Fsp3) is 0.800. The van der Waals surface area contributed by atoms with Gasteiger partial charge in [-0.2, -0.15) is 0 Å². The Morgan fingerprint density at radius 3 is 2.18 bits per heavy atom. The molecule has 1 heteroatoms. The Hall–Kier alpha value is -0.300. The van der Waals surface area contributed by atoms with Crippen molar-refractivity contribution in [1.82, 2.24) is 4.90 Å². The van der Waals surface area contributed by atoms with Gasteiger partial charge in [-0.05, 0) is 33.6 Å². The molecular weight excluding hydrogens is 134 g/mol. The van der Waals surface area contributed by atoms with Crippen molar-refractivity contribution in [1.29, 1.82) is 0 Å². The molecule has 0 N–H and O–H groups in total. The Bertz CT molecular complexity index is 137. The molecule has 0 aliphatic carbocycles. The molecule has 1 heterocycles. The van der Waals surface area contributed by atoms with Crippen molar-refractivity contribution in [3.63, 3.8) is 0 Å². The maximum atomic E-state index is 2.55. The number of allylic oxidation sites excluding steroid dienone is 1. The van der Waals surface area contributed by atoms with E-state index in [9.17, 15) is 0 Å². The first-order valence-corrected chi connectivity index (χ1v) is 4.62. The van der Waals surface area contributed by atoms with Crippen LogP contribution in [-0.2, 0) is 0 Å². The number of rotatable bonds is 1. The van der Waals surface area contributed by atoms with Crippen LogP contribution in [0.3, 0.4) is 0 Å². The summed E-state index contributed by atoms with van der Waals surface area (Å²) >= 11 is 0. The van der Waals surface area contributed by atoms with Crippen LogP contribution in [-0.4, -0.2) is 24.0 Å². The first-order valence-electron chi connectivity index (χ1n) is 4.62. The summed E-state index contributed by atoms with van der Waals surface area (Å²) in [5.41, 5.74) is 1.64. The Morgan fingerprint density at radius 1 is 1.27 bits per heavy atom. The molecule has 11 heavy (non-hydrogen) atoms. The third kappa shape index (κ3) is 2.33. The minimum atomic E-state index is 0.730. The van der Waals surface area contributed by atoms with Gasteiger partial charge in [0.2, 0.25) is 0 Å². The van der Waals surface area contributed by atoms with Gasteiger partial charge in [-0.1, -0.05) is 11.6 Å². The number of hydrogen-bond acceptors (Lipinski definition) is 1. The lowest BCUT2D eigenvalue weighted by Crippen LogP contribution is -2.36. The summed E-state index contributed by atoms with van der Waals surface area (Å²) in [6.45, 7) is 9.23. The zero-order valence-corrected chi connectivity index (χ0v) is 7.93. The van der Waals surface area contributed by atoms with E-state index in [-0.39, 0.29) is 0 Å². The Morgan fingerprint density at radius 2 is 1.82 bits per heavy atom. The molecule has 1 aliphatic rings. The molecule has 64 valence electrons. The standard InChI is InChI=1S/C10H19N/c1-4-10-5-7-11(8-6-10)9(2)3/h4,9H,5-8H2,1-3H3. The second kappa shape index (κ2) is 3.91. The Balaban J connectivity index is 2.36. The van der Waals surface area contributed by atoms with Crippen LogP contribution < -0.4 is 0 Å². The zero-order valence-electron chi connectivity index (χ0n) is 7.93. The number of piperidine rings is 1. The highest BCUT2D eigenvalue weighted by Gasteiger charge is 2.14. The van der Waals surface area contributed by atoms with E-state index < -0.39 is 0 Å². The SMILES string of the molecule is CC=C1CCN(C(C)C)CC1. The van der Waals surface area contributed by atoms with Crippen molar-refractivity contribution in [2.24, 2.45) is 0 Å². The van der Waals surface area contributed by atoms with Gasteiger partial charge in [0.25, 0.3) is 0 Å². The van der Waals surface area contributed by atoms with Crippen molar-refractivity contribution >= 4 is 0 Å². The van der Waals surface area contributed by atoms with Crippen molar-refractivity contribution in [2.75, 3.05) is 13.1 Å². The molecule has 0 saturated carbocycles. The van der Waals surface area contributed by atoms with Crippen LogP contribution in [0.4, 0.5) is 0 Å². The van der Waals surface area contributed by atoms with Crippen LogP contribution >= 0.6 is 0 Å². The van der Waals surface area contributed by atoms with Gasteiger partial charge in [0.15, 0.2) is 0 Å². The number of likely N-dealkylation sites (tertiary alicyclic amines) is 1. The molecule has 0 atom stereocenters. The van der Waals surface area contributed by atoms with Gasteiger partial charge in [-0.3, -0.25) is 0 Å².